The summed E-state index contributed by atoms with van der Waals surface area (Å²) in [5.74, 6) is 0.300. The lowest BCUT2D eigenvalue weighted by Crippen LogP contribution is -2.03. The summed E-state index contributed by atoms with van der Waals surface area (Å²) in [6, 6.07) is 9.43. The van der Waals surface area contributed by atoms with Gasteiger partial charge in [-0.1, -0.05) is 12.1 Å². The van der Waals surface area contributed by atoms with E-state index < -0.39 is 5.97 Å². The van der Waals surface area contributed by atoms with Gasteiger partial charge >= 0.3 is 5.97 Å². The zero-order valence-corrected chi connectivity index (χ0v) is 11.6. The van der Waals surface area contributed by atoms with Crippen molar-refractivity contribution in [2.24, 2.45) is 0 Å². The van der Waals surface area contributed by atoms with Crippen LogP contribution >= 0.6 is 15.9 Å². The molecule has 0 radical (unpaired) electrons. The smallest absolute Gasteiger partial charge is 0.303 e. The van der Waals surface area contributed by atoms with Crippen molar-refractivity contribution >= 4 is 33.4 Å². The predicted octanol–water partition coefficient (Wildman–Crippen LogP) is 3.00. The number of nitrogens with one attached hydrogen (secondary N) is 1. The van der Waals surface area contributed by atoms with Crippen LogP contribution in [0.15, 0.2) is 41.0 Å². The van der Waals surface area contributed by atoms with E-state index in [4.69, 9.17) is 5.11 Å². The minimum atomic E-state index is -0.854. The Morgan fingerprint density at radius 3 is 2.84 bits per heavy atom. The third kappa shape index (κ3) is 4.03. The molecule has 1 heterocycles. The number of nitrogens with zero attached hydrogens (tertiary/aromatic N) is 2. The van der Waals surface area contributed by atoms with Crippen LogP contribution in [0.4, 0.5) is 11.5 Å². The molecule has 0 bridgehead atoms. The molecule has 0 aliphatic carbocycles. The van der Waals surface area contributed by atoms with Crippen LogP contribution in [-0.2, 0) is 11.2 Å². The molecule has 0 amide bonds. The number of para-hydroxylation sites is 1. The van der Waals surface area contributed by atoms with E-state index in [0.29, 0.717) is 18.1 Å². The zero-order valence-electron chi connectivity index (χ0n) is 10.0. The predicted molar refractivity (Wildman–Crippen MR) is 75.4 cm³/mol. The Balaban J connectivity index is 2.11. The van der Waals surface area contributed by atoms with Crippen LogP contribution in [0.2, 0.25) is 0 Å². The number of hydrogen-bond donors (Lipinski definition) is 2. The second kappa shape index (κ2) is 6.29. The second-order valence-corrected chi connectivity index (χ2v) is 4.71. The summed E-state index contributed by atoms with van der Waals surface area (Å²) >= 11 is 3.44. The first kappa shape index (κ1) is 13.5. The van der Waals surface area contributed by atoms with Crippen LogP contribution in [0.5, 0.6) is 0 Å². The van der Waals surface area contributed by atoms with Gasteiger partial charge in [-0.15, -0.1) is 0 Å². The number of halogens is 1. The SMILES string of the molecule is O=C(O)CCc1nccc(Nc2ccccc2Br)n1. The normalized spacial score (nSPS) is 10.2. The standard InChI is InChI=1S/C13H12BrN3O2/c14-9-3-1-2-4-10(9)16-12-7-8-15-11(17-12)5-6-13(18)19/h1-4,7-8H,5-6H2,(H,18,19)(H,15,16,17). The number of aliphatic carboxylic acids is 1. The second-order valence-electron chi connectivity index (χ2n) is 3.86. The average Bonchev–Trinajstić information content (AvgIpc) is 2.40. The highest BCUT2D eigenvalue weighted by Crippen LogP contribution is 2.24. The average molecular weight is 322 g/mol. The first-order chi connectivity index (χ1) is 9.15. The molecule has 0 atom stereocenters. The van der Waals surface area contributed by atoms with Crippen molar-refractivity contribution in [2.45, 2.75) is 12.8 Å². The van der Waals surface area contributed by atoms with Gasteiger partial charge in [-0.3, -0.25) is 4.79 Å². The highest BCUT2D eigenvalue weighted by molar-refractivity contribution is 9.10. The lowest BCUT2D eigenvalue weighted by Gasteiger charge is -2.08. The number of carboxylic acid groups (broad SMARTS) is 1. The maximum Gasteiger partial charge on any atom is 0.303 e. The molecule has 0 spiro atoms. The van der Waals surface area contributed by atoms with E-state index in [1.165, 1.54) is 0 Å². The van der Waals surface area contributed by atoms with Gasteiger partial charge in [0.25, 0.3) is 0 Å². The molecule has 1 aromatic heterocycles. The summed E-state index contributed by atoms with van der Waals surface area (Å²) in [5, 5.41) is 11.8. The van der Waals surface area contributed by atoms with Crippen LogP contribution in [0, 0.1) is 0 Å². The van der Waals surface area contributed by atoms with E-state index in [2.05, 4.69) is 31.2 Å². The topological polar surface area (TPSA) is 75.1 Å². The molecule has 0 saturated heterocycles. The third-order valence-electron chi connectivity index (χ3n) is 2.40. The van der Waals surface area contributed by atoms with E-state index in [1.54, 1.807) is 12.3 Å². The van der Waals surface area contributed by atoms with E-state index >= 15 is 0 Å². The van der Waals surface area contributed by atoms with Gasteiger partial charge < -0.3 is 10.4 Å². The van der Waals surface area contributed by atoms with E-state index in [-0.39, 0.29) is 6.42 Å². The Hall–Kier alpha value is -1.95. The molecule has 0 fully saturated rings. The molecule has 19 heavy (non-hydrogen) atoms. The highest BCUT2D eigenvalue weighted by atomic mass is 79.9. The molecule has 2 rings (SSSR count). The summed E-state index contributed by atoms with van der Waals surface area (Å²) < 4.78 is 0.931. The molecular weight excluding hydrogens is 310 g/mol. The van der Waals surface area contributed by atoms with Gasteiger partial charge in [0.1, 0.15) is 11.6 Å². The van der Waals surface area contributed by atoms with Gasteiger partial charge in [0, 0.05) is 17.1 Å². The highest BCUT2D eigenvalue weighted by Gasteiger charge is 2.04. The fourth-order valence-electron chi connectivity index (χ4n) is 1.51. The molecular formula is C13H12BrN3O2. The first-order valence-corrected chi connectivity index (χ1v) is 6.50. The Kier molecular flexibility index (Phi) is 4.46. The van der Waals surface area contributed by atoms with E-state index in [1.807, 2.05) is 24.3 Å². The van der Waals surface area contributed by atoms with Gasteiger partial charge in [0.05, 0.1) is 12.1 Å². The summed E-state index contributed by atoms with van der Waals surface area (Å²) in [5.41, 5.74) is 0.894. The molecule has 0 aliphatic rings. The lowest BCUT2D eigenvalue weighted by molar-refractivity contribution is -0.137. The van der Waals surface area contributed by atoms with Crippen LogP contribution < -0.4 is 5.32 Å². The van der Waals surface area contributed by atoms with Gasteiger partial charge in [-0.05, 0) is 34.1 Å². The Bertz CT molecular complexity index is 590. The maximum atomic E-state index is 10.5. The molecule has 5 nitrogen and oxygen atoms in total. The molecule has 98 valence electrons. The minimum Gasteiger partial charge on any atom is -0.481 e. The Morgan fingerprint density at radius 2 is 2.11 bits per heavy atom. The quantitative estimate of drug-likeness (QED) is 0.885. The third-order valence-corrected chi connectivity index (χ3v) is 3.10. The number of benzene rings is 1. The van der Waals surface area contributed by atoms with Crippen molar-refractivity contribution in [3.63, 3.8) is 0 Å². The van der Waals surface area contributed by atoms with E-state index in [0.717, 1.165) is 10.2 Å². The Labute approximate surface area is 118 Å². The van der Waals surface area contributed by atoms with E-state index in [9.17, 15) is 4.79 Å². The van der Waals surface area contributed by atoms with Gasteiger partial charge in [-0.25, -0.2) is 9.97 Å². The molecule has 6 heteroatoms. The number of hydrogen-bond acceptors (Lipinski definition) is 4. The van der Waals surface area contributed by atoms with Crippen molar-refractivity contribution < 1.29 is 9.90 Å². The van der Waals surface area contributed by atoms with Crippen molar-refractivity contribution in [3.05, 3.63) is 46.8 Å². The monoisotopic (exact) mass is 321 g/mol. The lowest BCUT2D eigenvalue weighted by atomic mass is 10.3. The summed E-state index contributed by atoms with van der Waals surface area (Å²) in [7, 11) is 0. The van der Waals surface area contributed by atoms with Crippen molar-refractivity contribution in [1.29, 1.82) is 0 Å². The molecule has 2 aromatic rings. The van der Waals surface area contributed by atoms with Gasteiger partial charge in [0.2, 0.25) is 0 Å². The number of aryl methyl sites for hydroxylation is 1. The van der Waals surface area contributed by atoms with Gasteiger partial charge in [0.15, 0.2) is 0 Å². The van der Waals surface area contributed by atoms with Crippen LogP contribution in [0.25, 0.3) is 0 Å². The molecule has 0 aliphatic heterocycles. The number of rotatable bonds is 5. The Morgan fingerprint density at radius 1 is 1.32 bits per heavy atom. The van der Waals surface area contributed by atoms with Crippen molar-refractivity contribution in [1.82, 2.24) is 9.97 Å². The van der Waals surface area contributed by atoms with Crippen molar-refractivity contribution in [2.75, 3.05) is 5.32 Å². The minimum absolute atomic E-state index is 0.0263. The number of aromatic nitrogens is 2. The fraction of sp³-hybridized carbons (Fsp3) is 0.154. The zero-order chi connectivity index (χ0) is 13.7. The summed E-state index contributed by atoms with van der Waals surface area (Å²) in [6.07, 6.45) is 1.96. The summed E-state index contributed by atoms with van der Waals surface area (Å²) in [6.45, 7) is 0. The fourth-order valence-corrected chi connectivity index (χ4v) is 1.89. The van der Waals surface area contributed by atoms with Crippen molar-refractivity contribution in [3.8, 4) is 0 Å². The molecule has 0 unspecified atom stereocenters. The maximum absolute atomic E-state index is 10.5. The molecule has 2 N–H and O–H groups in total. The largest absolute Gasteiger partial charge is 0.481 e. The molecule has 1 aromatic carbocycles. The summed E-state index contributed by atoms with van der Waals surface area (Å²) in [4.78, 5) is 18.8. The van der Waals surface area contributed by atoms with Gasteiger partial charge in [-0.2, -0.15) is 0 Å². The number of anilines is 2. The van der Waals surface area contributed by atoms with Crippen LogP contribution in [0.1, 0.15) is 12.2 Å². The molecule has 0 saturated carbocycles. The number of carbonyl (C=O) groups is 1. The number of carboxylic acids is 1. The first-order valence-electron chi connectivity index (χ1n) is 5.70. The van der Waals surface area contributed by atoms with Crippen LogP contribution in [0.3, 0.4) is 0 Å². The van der Waals surface area contributed by atoms with Crippen LogP contribution in [-0.4, -0.2) is 21.0 Å².